The topological polar surface area (TPSA) is 94.6 Å². The molecular formula is C16H14N2O5. The first kappa shape index (κ1) is 14.8. The number of methoxy groups -OCH3 is 1. The van der Waals surface area contributed by atoms with Crippen molar-refractivity contribution in [1.82, 2.24) is 5.16 Å². The number of nitrogens with zero attached hydrogens (tertiary/aromatic N) is 1. The summed E-state index contributed by atoms with van der Waals surface area (Å²) in [6.07, 6.45) is 1.32. The smallest absolute Gasteiger partial charge is 0.261 e. The molecule has 0 aliphatic rings. The van der Waals surface area contributed by atoms with Gasteiger partial charge in [-0.1, -0.05) is 11.2 Å². The molecule has 0 radical (unpaired) electrons. The van der Waals surface area contributed by atoms with Crippen molar-refractivity contribution in [3.8, 4) is 5.75 Å². The van der Waals surface area contributed by atoms with E-state index in [1.165, 1.54) is 20.2 Å². The van der Waals surface area contributed by atoms with Crippen molar-refractivity contribution >= 4 is 28.3 Å². The van der Waals surface area contributed by atoms with Crippen LogP contribution in [0.4, 0.5) is 5.69 Å². The Kier molecular flexibility index (Phi) is 3.61. The second kappa shape index (κ2) is 5.60. The molecule has 7 nitrogen and oxygen atoms in total. The zero-order valence-corrected chi connectivity index (χ0v) is 12.8. The number of aromatic nitrogens is 1. The van der Waals surface area contributed by atoms with Gasteiger partial charge in [0.2, 0.25) is 0 Å². The van der Waals surface area contributed by atoms with E-state index in [1.54, 1.807) is 25.1 Å². The Labute approximate surface area is 131 Å². The van der Waals surface area contributed by atoms with Crippen molar-refractivity contribution in [2.45, 2.75) is 13.8 Å². The minimum absolute atomic E-state index is 0.0620. The number of benzene rings is 1. The third-order valence-electron chi connectivity index (χ3n) is 3.45. The van der Waals surface area contributed by atoms with Crippen LogP contribution in [0.25, 0.3) is 11.0 Å². The number of carbonyl (C=O) groups is 2. The number of nitrogens with one attached hydrogen (secondary N) is 1. The monoisotopic (exact) mass is 314 g/mol. The Bertz CT molecular complexity index is 906. The van der Waals surface area contributed by atoms with E-state index in [1.807, 2.05) is 0 Å². The molecule has 0 unspecified atom stereocenters. The number of furan rings is 1. The van der Waals surface area contributed by atoms with E-state index in [2.05, 4.69) is 10.5 Å². The summed E-state index contributed by atoms with van der Waals surface area (Å²) in [5.74, 6) is 0.188. The van der Waals surface area contributed by atoms with E-state index in [-0.39, 0.29) is 17.1 Å². The SMILES string of the molecule is COc1cccc2c(NC(=O)c3cnoc3C)c(C(C)=O)oc12. The van der Waals surface area contributed by atoms with Crippen molar-refractivity contribution < 1.29 is 23.3 Å². The molecule has 2 heterocycles. The van der Waals surface area contributed by atoms with Crippen LogP contribution in [-0.2, 0) is 0 Å². The van der Waals surface area contributed by atoms with Gasteiger partial charge in [0.05, 0.1) is 19.0 Å². The van der Waals surface area contributed by atoms with Gasteiger partial charge in [0, 0.05) is 12.3 Å². The lowest BCUT2D eigenvalue weighted by Gasteiger charge is -2.04. The van der Waals surface area contributed by atoms with Gasteiger partial charge in [-0.2, -0.15) is 0 Å². The number of rotatable bonds is 4. The van der Waals surface area contributed by atoms with E-state index in [4.69, 9.17) is 13.7 Å². The first-order valence-corrected chi connectivity index (χ1v) is 6.86. The number of hydrogen-bond acceptors (Lipinski definition) is 6. The van der Waals surface area contributed by atoms with Gasteiger partial charge < -0.3 is 19.0 Å². The molecule has 1 amide bonds. The molecule has 3 rings (SSSR count). The number of Topliss-reactive ketones (excluding diaryl/α,β-unsaturated/α-hetero) is 1. The summed E-state index contributed by atoms with van der Waals surface area (Å²) >= 11 is 0. The summed E-state index contributed by atoms with van der Waals surface area (Å²) in [6.45, 7) is 2.99. The summed E-state index contributed by atoms with van der Waals surface area (Å²) in [4.78, 5) is 24.2. The van der Waals surface area contributed by atoms with E-state index >= 15 is 0 Å². The zero-order chi connectivity index (χ0) is 16.6. The molecule has 2 aromatic heterocycles. The van der Waals surface area contributed by atoms with E-state index < -0.39 is 5.91 Å². The van der Waals surface area contributed by atoms with Crippen LogP contribution in [0.2, 0.25) is 0 Å². The predicted molar refractivity (Wildman–Crippen MR) is 82.0 cm³/mol. The normalized spacial score (nSPS) is 10.7. The number of ketones is 1. The number of carbonyl (C=O) groups excluding carboxylic acids is 2. The summed E-state index contributed by atoms with van der Waals surface area (Å²) in [5.41, 5.74) is 0.992. The Morgan fingerprint density at radius 3 is 2.70 bits per heavy atom. The Morgan fingerprint density at radius 2 is 2.09 bits per heavy atom. The van der Waals surface area contributed by atoms with Gasteiger partial charge >= 0.3 is 0 Å². The predicted octanol–water partition coefficient (Wildman–Crippen LogP) is 3.19. The fourth-order valence-electron chi connectivity index (χ4n) is 2.32. The average molecular weight is 314 g/mol. The van der Waals surface area contributed by atoms with Crippen LogP contribution in [0.1, 0.15) is 33.6 Å². The molecule has 0 saturated heterocycles. The van der Waals surface area contributed by atoms with Crippen LogP contribution < -0.4 is 10.1 Å². The highest BCUT2D eigenvalue weighted by molar-refractivity contribution is 6.15. The first-order valence-electron chi connectivity index (χ1n) is 6.86. The molecule has 3 aromatic rings. The van der Waals surface area contributed by atoms with Gasteiger partial charge in [-0.25, -0.2) is 0 Å². The fraction of sp³-hybridized carbons (Fsp3) is 0.188. The van der Waals surface area contributed by atoms with E-state index in [0.717, 1.165) is 0 Å². The van der Waals surface area contributed by atoms with E-state index in [0.29, 0.717) is 28.2 Å². The first-order chi connectivity index (χ1) is 11.0. The molecule has 23 heavy (non-hydrogen) atoms. The summed E-state index contributed by atoms with van der Waals surface area (Å²) in [5, 5.41) is 6.85. The molecule has 0 fully saturated rings. The molecule has 0 aliphatic heterocycles. The number of ether oxygens (including phenoxy) is 1. The second-order valence-corrected chi connectivity index (χ2v) is 4.95. The Hall–Kier alpha value is -3.09. The summed E-state index contributed by atoms with van der Waals surface area (Å²) in [7, 11) is 1.50. The Morgan fingerprint density at radius 1 is 1.30 bits per heavy atom. The minimum atomic E-state index is -0.434. The summed E-state index contributed by atoms with van der Waals surface area (Å²) < 4.78 is 15.7. The number of aryl methyl sites for hydroxylation is 1. The van der Waals surface area contributed by atoms with Crippen LogP contribution in [0.15, 0.2) is 33.3 Å². The highest BCUT2D eigenvalue weighted by atomic mass is 16.5. The lowest BCUT2D eigenvalue weighted by atomic mass is 10.1. The minimum Gasteiger partial charge on any atom is -0.493 e. The van der Waals surface area contributed by atoms with Crippen LogP contribution in [-0.4, -0.2) is 24.0 Å². The van der Waals surface area contributed by atoms with Crippen molar-refractivity contribution in [3.63, 3.8) is 0 Å². The number of hydrogen-bond donors (Lipinski definition) is 1. The van der Waals surface area contributed by atoms with E-state index in [9.17, 15) is 9.59 Å². The number of anilines is 1. The number of amides is 1. The van der Waals surface area contributed by atoms with Gasteiger partial charge in [-0.15, -0.1) is 0 Å². The molecule has 118 valence electrons. The van der Waals surface area contributed by atoms with Crippen molar-refractivity contribution in [3.05, 3.63) is 41.5 Å². The molecular weight excluding hydrogens is 300 g/mol. The Balaban J connectivity index is 2.12. The molecule has 0 bridgehead atoms. The maximum Gasteiger partial charge on any atom is 0.261 e. The zero-order valence-electron chi connectivity index (χ0n) is 12.8. The lowest BCUT2D eigenvalue weighted by Crippen LogP contribution is -2.13. The molecule has 7 heteroatoms. The molecule has 0 saturated carbocycles. The summed E-state index contributed by atoms with van der Waals surface area (Å²) in [6, 6.07) is 5.20. The van der Waals surface area contributed by atoms with Crippen molar-refractivity contribution in [2.75, 3.05) is 12.4 Å². The molecule has 0 spiro atoms. The lowest BCUT2D eigenvalue weighted by molar-refractivity contribution is 0.0990. The highest BCUT2D eigenvalue weighted by Gasteiger charge is 2.23. The highest BCUT2D eigenvalue weighted by Crippen LogP contribution is 2.36. The molecule has 1 N–H and O–H groups in total. The van der Waals surface area contributed by atoms with Crippen molar-refractivity contribution in [2.24, 2.45) is 0 Å². The third kappa shape index (κ3) is 2.46. The molecule has 0 atom stereocenters. The molecule has 0 aliphatic carbocycles. The van der Waals surface area contributed by atoms with Crippen molar-refractivity contribution in [1.29, 1.82) is 0 Å². The van der Waals surface area contributed by atoms with Gasteiger partial charge in [0.1, 0.15) is 11.3 Å². The van der Waals surface area contributed by atoms with Gasteiger partial charge in [0.15, 0.2) is 22.9 Å². The van der Waals surface area contributed by atoms with Crippen LogP contribution >= 0.6 is 0 Å². The average Bonchev–Trinajstić information content (AvgIpc) is 3.11. The standard InChI is InChI=1S/C16H14N2O5/c1-8(19)14-13(18-16(20)11-7-17-23-9(11)2)10-5-4-6-12(21-3)15(10)22-14/h4-7H,1-3H3,(H,18,20). The molecule has 1 aromatic carbocycles. The quantitative estimate of drug-likeness (QED) is 0.743. The largest absolute Gasteiger partial charge is 0.493 e. The number of para-hydroxylation sites is 1. The fourth-order valence-corrected chi connectivity index (χ4v) is 2.32. The number of fused-ring (bicyclic) bond motifs is 1. The second-order valence-electron chi connectivity index (χ2n) is 4.95. The third-order valence-corrected chi connectivity index (χ3v) is 3.45. The maximum atomic E-state index is 12.4. The van der Waals surface area contributed by atoms with Gasteiger partial charge in [0.25, 0.3) is 5.91 Å². The van der Waals surface area contributed by atoms with Crippen LogP contribution in [0.5, 0.6) is 5.75 Å². The van der Waals surface area contributed by atoms with Crippen LogP contribution in [0.3, 0.4) is 0 Å². The maximum absolute atomic E-state index is 12.4. The van der Waals surface area contributed by atoms with Crippen LogP contribution in [0, 0.1) is 6.92 Å². The van der Waals surface area contributed by atoms with Gasteiger partial charge in [-0.3, -0.25) is 9.59 Å². The van der Waals surface area contributed by atoms with Gasteiger partial charge in [-0.05, 0) is 19.1 Å².